The number of hydrogen-bond acceptors (Lipinski definition) is 5. The lowest BCUT2D eigenvalue weighted by Gasteiger charge is -2.28. The summed E-state index contributed by atoms with van der Waals surface area (Å²) in [6.07, 6.45) is 2.59. The molecule has 2 aliphatic rings. The number of carbonyl (C=O) groups excluding carboxylic acids is 1. The van der Waals surface area contributed by atoms with E-state index >= 15 is 0 Å². The molecule has 138 valence electrons. The maximum atomic E-state index is 12.9. The van der Waals surface area contributed by atoms with Crippen molar-refractivity contribution in [2.45, 2.75) is 19.8 Å². The van der Waals surface area contributed by atoms with Gasteiger partial charge in [0.25, 0.3) is 5.91 Å². The maximum absolute atomic E-state index is 12.9. The third kappa shape index (κ3) is 3.98. The Hall–Kier alpha value is -2.55. The number of aliphatic imine (C=N–C) groups is 2. The van der Waals surface area contributed by atoms with Gasteiger partial charge in [-0.2, -0.15) is 0 Å². The van der Waals surface area contributed by atoms with E-state index in [9.17, 15) is 17.6 Å². The first-order valence-corrected chi connectivity index (χ1v) is 9.89. The molecular weight excluding hydrogens is 359 g/mol. The second-order valence-corrected chi connectivity index (χ2v) is 8.03. The first-order valence-electron chi connectivity index (χ1n) is 8.28. The number of hydrogen-bond donors (Lipinski definition) is 1. The van der Waals surface area contributed by atoms with E-state index in [1.54, 1.807) is 6.20 Å². The van der Waals surface area contributed by atoms with Crippen LogP contribution in [-0.4, -0.2) is 49.1 Å². The largest absolute Gasteiger partial charge is 0.291 e. The Kier molecular flexibility index (Phi) is 5.17. The van der Waals surface area contributed by atoms with Crippen molar-refractivity contribution < 1.29 is 17.6 Å². The average Bonchev–Trinajstić information content (AvgIpc) is 2.61. The fraction of sp³-hybridized carbons (Fsp3) is 0.353. The number of nitrogens with one attached hydrogen (secondary N) is 1. The highest BCUT2D eigenvalue weighted by Crippen LogP contribution is 2.19. The van der Waals surface area contributed by atoms with E-state index in [0.717, 1.165) is 11.3 Å². The third-order valence-corrected chi connectivity index (χ3v) is 5.96. The Bertz CT molecular complexity index is 904. The van der Waals surface area contributed by atoms with Gasteiger partial charge in [-0.15, -0.1) is 0 Å². The molecule has 0 spiro atoms. The Morgan fingerprint density at radius 2 is 2.04 bits per heavy atom. The molecule has 1 amide bonds. The Labute approximate surface area is 151 Å². The predicted octanol–water partition coefficient (Wildman–Crippen LogP) is 1.70. The van der Waals surface area contributed by atoms with Crippen molar-refractivity contribution in [1.82, 2.24) is 9.62 Å². The van der Waals surface area contributed by atoms with Gasteiger partial charge in [0.1, 0.15) is 5.82 Å². The second-order valence-electron chi connectivity index (χ2n) is 5.99. The van der Waals surface area contributed by atoms with Gasteiger partial charge < -0.3 is 0 Å². The maximum Gasteiger partial charge on any atom is 0.258 e. The summed E-state index contributed by atoms with van der Waals surface area (Å²) < 4.78 is 38.6. The van der Waals surface area contributed by atoms with Crippen molar-refractivity contribution in [2.75, 3.05) is 18.8 Å². The van der Waals surface area contributed by atoms with E-state index in [1.165, 1.54) is 28.6 Å². The molecule has 0 bridgehead atoms. The summed E-state index contributed by atoms with van der Waals surface area (Å²) in [7, 11) is -3.30. The van der Waals surface area contributed by atoms with Crippen LogP contribution < -0.4 is 5.32 Å². The molecular formula is C17H19FN4O3S. The van der Waals surface area contributed by atoms with Crippen LogP contribution >= 0.6 is 0 Å². The zero-order valence-corrected chi connectivity index (χ0v) is 15.1. The molecule has 7 nitrogen and oxygen atoms in total. The Morgan fingerprint density at radius 3 is 2.73 bits per heavy atom. The molecule has 0 radical (unpaired) electrons. The van der Waals surface area contributed by atoms with Gasteiger partial charge in [-0.25, -0.2) is 22.8 Å². The fourth-order valence-corrected chi connectivity index (χ4v) is 4.12. The van der Waals surface area contributed by atoms with Gasteiger partial charge >= 0.3 is 0 Å². The van der Waals surface area contributed by atoms with Crippen LogP contribution in [0.2, 0.25) is 0 Å². The smallest absolute Gasteiger partial charge is 0.258 e. The number of carbonyl (C=O) groups is 1. The first-order chi connectivity index (χ1) is 12.4. The second kappa shape index (κ2) is 7.36. The lowest BCUT2D eigenvalue weighted by Crippen LogP contribution is -2.38. The van der Waals surface area contributed by atoms with E-state index in [0.29, 0.717) is 24.9 Å². The normalized spacial score (nSPS) is 17.0. The highest BCUT2D eigenvalue weighted by Gasteiger charge is 2.26. The molecule has 2 heterocycles. The van der Waals surface area contributed by atoms with Crippen LogP contribution in [0.5, 0.6) is 0 Å². The molecule has 0 aromatic heterocycles. The van der Waals surface area contributed by atoms with Crippen LogP contribution in [0.1, 0.15) is 30.1 Å². The van der Waals surface area contributed by atoms with Gasteiger partial charge in [0.05, 0.1) is 18.0 Å². The summed E-state index contributed by atoms with van der Waals surface area (Å²) in [5, 5.41) is 2.59. The van der Waals surface area contributed by atoms with Crippen LogP contribution in [0.4, 0.5) is 4.39 Å². The van der Waals surface area contributed by atoms with E-state index in [2.05, 4.69) is 15.3 Å². The van der Waals surface area contributed by atoms with Crippen molar-refractivity contribution in [3.63, 3.8) is 0 Å². The quantitative estimate of drug-likeness (QED) is 0.864. The van der Waals surface area contributed by atoms with Crippen LogP contribution in [0.25, 0.3) is 0 Å². The number of fused-ring (bicyclic) bond motifs is 1. The summed E-state index contributed by atoms with van der Waals surface area (Å²) in [5.41, 5.74) is 1.75. The third-order valence-electron chi connectivity index (χ3n) is 4.03. The standard InChI is InChI=1S/C17H19FN4O3S/c1-2-9-26(24,25)22-8-7-15-13(11-22)10-19-17(20-15)21-16(23)12-3-5-14(18)6-4-12/h3-6,11H,2,7-10H2,1H3,(H,19,21,23). The van der Waals surface area contributed by atoms with Crippen LogP contribution in [0.15, 0.2) is 46.0 Å². The van der Waals surface area contributed by atoms with Crippen molar-refractivity contribution in [3.8, 4) is 0 Å². The minimum Gasteiger partial charge on any atom is -0.291 e. The molecule has 26 heavy (non-hydrogen) atoms. The van der Waals surface area contributed by atoms with E-state index in [-0.39, 0.29) is 18.3 Å². The molecule has 0 unspecified atom stereocenters. The Balaban J connectivity index is 1.71. The number of rotatable bonds is 4. The minimum absolute atomic E-state index is 0.103. The average molecular weight is 378 g/mol. The molecule has 0 fully saturated rings. The molecule has 0 aliphatic carbocycles. The molecule has 0 atom stereocenters. The van der Waals surface area contributed by atoms with Gasteiger partial charge in [-0.3, -0.25) is 14.4 Å². The van der Waals surface area contributed by atoms with Crippen LogP contribution in [0, 0.1) is 5.82 Å². The number of nitrogens with zero attached hydrogens (tertiary/aromatic N) is 3. The summed E-state index contributed by atoms with van der Waals surface area (Å²) in [4.78, 5) is 20.7. The van der Waals surface area contributed by atoms with E-state index < -0.39 is 21.7 Å². The molecule has 1 N–H and O–H groups in total. The molecule has 0 saturated carbocycles. The van der Waals surface area contributed by atoms with Crippen LogP contribution in [0.3, 0.4) is 0 Å². The fourth-order valence-electron chi connectivity index (χ4n) is 2.71. The van der Waals surface area contributed by atoms with Crippen molar-refractivity contribution in [1.29, 1.82) is 0 Å². The molecule has 0 saturated heterocycles. The summed E-state index contributed by atoms with van der Waals surface area (Å²) in [6, 6.07) is 5.17. The molecule has 9 heteroatoms. The van der Waals surface area contributed by atoms with E-state index in [4.69, 9.17) is 0 Å². The summed E-state index contributed by atoms with van der Waals surface area (Å²) in [6.45, 7) is 2.39. The van der Waals surface area contributed by atoms with Gasteiger partial charge in [-0.1, -0.05) is 6.92 Å². The number of halogens is 1. The number of guanidine groups is 1. The first kappa shape index (κ1) is 18.2. The number of sulfonamides is 1. The van der Waals surface area contributed by atoms with E-state index in [1.807, 2.05) is 6.92 Å². The molecule has 1 aromatic carbocycles. The number of amides is 1. The molecule has 3 rings (SSSR count). The topological polar surface area (TPSA) is 91.2 Å². The highest BCUT2D eigenvalue weighted by atomic mass is 32.2. The van der Waals surface area contributed by atoms with Crippen molar-refractivity contribution in [2.24, 2.45) is 9.98 Å². The lowest BCUT2D eigenvalue weighted by molar-refractivity contribution is 0.0976. The van der Waals surface area contributed by atoms with Gasteiger partial charge in [0, 0.05) is 30.3 Å². The molecule has 1 aromatic rings. The molecule has 2 aliphatic heterocycles. The predicted molar refractivity (Wildman–Crippen MR) is 97.1 cm³/mol. The van der Waals surface area contributed by atoms with Gasteiger partial charge in [-0.05, 0) is 30.7 Å². The van der Waals surface area contributed by atoms with Gasteiger partial charge in [0.15, 0.2) is 0 Å². The summed E-state index contributed by atoms with van der Waals surface area (Å²) in [5.74, 6) is -0.568. The summed E-state index contributed by atoms with van der Waals surface area (Å²) >= 11 is 0. The SMILES string of the molecule is CCCS(=O)(=O)N1C=C2CN=C(NC(=O)c3ccc(F)cc3)N=C2CC1. The Morgan fingerprint density at radius 1 is 1.31 bits per heavy atom. The monoisotopic (exact) mass is 378 g/mol. The highest BCUT2D eigenvalue weighted by molar-refractivity contribution is 7.89. The van der Waals surface area contributed by atoms with Crippen molar-refractivity contribution in [3.05, 3.63) is 47.4 Å². The van der Waals surface area contributed by atoms with Gasteiger partial charge in [0.2, 0.25) is 16.0 Å². The zero-order chi connectivity index (χ0) is 18.7. The van der Waals surface area contributed by atoms with Crippen molar-refractivity contribution >= 4 is 27.6 Å². The zero-order valence-electron chi connectivity index (χ0n) is 14.3. The minimum atomic E-state index is -3.30. The number of benzene rings is 1. The lowest BCUT2D eigenvalue weighted by atomic mass is 10.1. The van der Waals surface area contributed by atoms with Crippen LogP contribution in [-0.2, 0) is 10.0 Å².